The van der Waals surface area contributed by atoms with Crippen LogP contribution in [0.15, 0.2) is 59.2 Å². The third kappa shape index (κ3) is 12.5. The van der Waals surface area contributed by atoms with Gasteiger partial charge in [-0.25, -0.2) is 0 Å². The van der Waals surface area contributed by atoms with E-state index in [4.69, 9.17) is 14.9 Å². The molecule has 2 aromatic rings. The number of amides is 6. The van der Waals surface area contributed by atoms with E-state index in [1.807, 2.05) is 0 Å². The van der Waals surface area contributed by atoms with Crippen LogP contribution in [0.5, 0.6) is 0 Å². The van der Waals surface area contributed by atoms with Gasteiger partial charge in [-0.05, 0) is 42.5 Å². The maximum absolute atomic E-state index is 13.4. The fraction of sp³-hybridized carbons (Fsp3) is 0.486. The molecule has 270 valence electrons. The smallest absolute Gasteiger partial charge is 0.246 e. The Kier molecular flexibility index (Phi) is 15.0. The molecule has 0 spiro atoms. The Morgan fingerprint density at radius 2 is 1.78 bits per heavy atom. The molecule has 15 heteroatoms. The number of ether oxygens (including phenoxy) is 1. The van der Waals surface area contributed by atoms with Crippen molar-refractivity contribution in [1.29, 1.82) is 0 Å². The number of hydrogen-bond acceptors (Lipinski definition) is 9. The van der Waals surface area contributed by atoms with Crippen LogP contribution < -0.4 is 32.3 Å². The number of fused-ring (bicyclic) bond motifs is 3. The van der Waals surface area contributed by atoms with Gasteiger partial charge in [0.15, 0.2) is 0 Å². The predicted octanol–water partition coefficient (Wildman–Crippen LogP) is -0.553. The summed E-state index contributed by atoms with van der Waals surface area (Å²) in [4.78, 5) is 80.0. The molecule has 50 heavy (non-hydrogen) atoms. The molecule has 0 saturated carbocycles. The van der Waals surface area contributed by atoms with Crippen molar-refractivity contribution in [3.63, 3.8) is 0 Å². The number of carbonyl (C=O) groups excluding carboxylic acids is 6. The Morgan fingerprint density at radius 3 is 2.56 bits per heavy atom. The van der Waals surface area contributed by atoms with Crippen molar-refractivity contribution in [2.24, 2.45) is 11.7 Å². The number of rotatable bonds is 8. The molecule has 4 rings (SSSR count). The maximum Gasteiger partial charge on any atom is 0.246 e. The minimum absolute atomic E-state index is 0.0314. The molecule has 2 bridgehead atoms. The van der Waals surface area contributed by atoms with E-state index >= 15 is 0 Å². The minimum atomic E-state index is -0.974. The molecule has 0 unspecified atom stereocenters. The summed E-state index contributed by atoms with van der Waals surface area (Å²) in [5, 5.41) is 14.0. The van der Waals surface area contributed by atoms with Crippen LogP contribution >= 0.6 is 0 Å². The molecule has 6 amide bonds. The number of nitrogens with two attached hydrogens (primary N) is 1. The van der Waals surface area contributed by atoms with Gasteiger partial charge < -0.3 is 46.4 Å². The lowest BCUT2D eigenvalue weighted by molar-refractivity contribution is -0.133. The summed E-state index contributed by atoms with van der Waals surface area (Å²) in [6.07, 6.45) is 5.21. The van der Waals surface area contributed by atoms with Gasteiger partial charge in [-0.15, -0.1) is 0 Å². The molecule has 0 aliphatic carbocycles. The zero-order valence-electron chi connectivity index (χ0n) is 28.1. The van der Waals surface area contributed by atoms with Gasteiger partial charge in [-0.1, -0.05) is 24.3 Å². The number of furan rings is 1. The van der Waals surface area contributed by atoms with Gasteiger partial charge in [0.1, 0.15) is 11.8 Å². The van der Waals surface area contributed by atoms with Crippen LogP contribution in [-0.4, -0.2) is 98.4 Å². The molecule has 1 fully saturated rings. The average Bonchev–Trinajstić information content (AvgIpc) is 3.62. The van der Waals surface area contributed by atoms with Gasteiger partial charge >= 0.3 is 0 Å². The highest BCUT2D eigenvalue weighted by molar-refractivity contribution is 5.97. The second-order valence-electron chi connectivity index (χ2n) is 12.3. The van der Waals surface area contributed by atoms with E-state index in [1.165, 1.54) is 11.2 Å². The summed E-state index contributed by atoms with van der Waals surface area (Å²) >= 11 is 0. The van der Waals surface area contributed by atoms with Crippen LogP contribution in [0, 0.1) is 5.92 Å². The number of nitrogens with zero attached hydrogens (tertiary/aromatic N) is 1. The number of benzene rings is 1. The summed E-state index contributed by atoms with van der Waals surface area (Å²) in [5.74, 6) is -2.32. The quantitative estimate of drug-likeness (QED) is 0.195. The highest BCUT2D eigenvalue weighted by Crippen LogP contribution is 2.18. The summed E-state index contributed by atoms with van der Waals surface area (Å²) in [5.41, 5.74) is 6.80. The molecular formula is C35H47N7O8. The number of hydrogen-bond donors (Lipinski definition) is 6. The Morgan fingerprint density at radius 1 is 0.960 bits per heavy atom. The van der Waals surface area contributed by atoms with Crippen LogP contribution in [0.3, 0.4) is 0 Å². The molecule has 15 nitrogen and oxygen atoms in total. The largest absolute Gasteiger partial charge is 0.469 e. The minimum Gasteiger partial charge on any atom is -0.469 e. The lowest BCUT2D eigenvalue weighted by atomic mass is 9.96. The highest BCUT2D eigenvalue weighted by atomic mass is 16.5. The Labute approximate surface area is 291 Å². The third-order valence-electron chi connectivity index (χ3n) is 8.42. The van der Waals surface area contributed by atoms with Crippen LogP contribution in [0.2, 0.25) is 0 Å². The van der Waals surface area contributed by atoms with Crippen LogP contribution in [0.4, 0.5) is 0 Å². The summed E-state index contributed by atoms with van der Waals surface area (Å²) in [6.45, 7) is 1.90. The lowest BCUT2D eigenvalue weighted by Crippen LogP contribution is -2.49. The van der Waals surface area contributed by atoms with Crippen molar-refractivity contribution in [3.05, 3.63) is 71.7 Å². The fourth-order valence-electron chi connectivity index (χ4n) is 5.84. The molecule has 2 aliphatic rings. The van der Waals surface area contributed by atoms with Gasteiger partial charge in [-0.2, -0.15) is 0 Å². The van der Waals surface area contributed by atoms with Gasteiger partial charge in [0.05, 0.1) is 31.8 Å². The molecule has 1 aromatic heterocycles. The monoisotopic (exact) mass is 693 g/mol. The van der Waals surface area contributed by atoms with Crippen molar-refractivity contribution in [1.82, 2.24) is 31.5 Å². The van der Waals surface area contributed by atoms with E-state index < -0.39 is 41.6 Å². The highest BCUT2D eigenvalue weighted by Gasteiger charge is 2.30. The van der Waals surface area contributed by atoms with Gasteiger partial charge in [0.25, 0.3) is 0 Å². The first-order valence-corrected chi connectivity index (χ1v) is 17.0. The van der Waals surface area contributed by atoms with Crippen molar-refractivity contribution < 1.29 is 37.9 Å². The first-order valence-electron chi connectivity index (χ1n) is 17.0. The Hall–Kier alpha value is -5.02. The molecular weight excluding hydrogens is 646 g/mol. The summed E-state index contributed by atoms with van der Waals surface area (Å²) in [6, 6.07) is 9.10. The first-order chi connectivity index (χ1) is 24.2. The molecule has 2 aliphatic heterocycles. The summed E-state index contributed by atoms with van der Waals surface area (Å²) in [7, 11) is 0. The standard InChI is InChI=1S/C35H47N7O8/c36-12-17-49-18-14-38-35(48)29-11-13-37-30(43)9-10-33(46)42-15-3-7-26(23-42)34(47)40-27(20-28-8-4-16-50-28)21-31(44)39-22-25-6-2-1-5-24(25)19-32(45)41-29/h1-2,4-6,8-10,16,26-27,29H,3,7,11-15,17-23,36H2,(H,37,43)(H,38,48)(H,39,44)(H,40,47)(H,41,45)/b10-9+/t26-,27+,29+/m1/s1. The Bertz CT molecular complexity index is 1500. The third-order valence-corrected chi connectivity index (χ3v) is 8.42. The van der Waals surface area contributed by atoms with E-state index in [1.54, 1.807) is 36.4 Å². The van der Waals surface area contributed by atoms with Crippen molar-refractivity contribution in [2.45, 2.75) is 57.2 Å². The summed E-state index contributed by atoms with van der Waals surface area (Å²) < 4.78 is 10.8. The topological polar surface area (TPSA) is 214 Å². The van der Waals surface area contributed by atoms with Gasteiger partial charge in [0.2, 0.25) is 35.4 Å². The van der Waals surface area contributed by atoms with Gasteiger partial charge in [-0.3, -0.25) is 28.8 Å². The van der Waals surface area contributed by atoms with Crippen molar-refractivity contribution in [3.8, 4) is 0 Å². The first kappa shape index (κ1) is 37.8. The molecule has 3 atom stereocenters. The van der Waals surface area contributed by atoms with Crippen LogP contribution in [-0.2, 0) is 52.9 Å². The van der Waals surface area contributed by atoms with E-state index in [0.29, 0.717) is 49.4 Å². The van der Waals surface area contributed by atoms with Crippen molar-refractivity contribution in [2.75, 3.05) is 45.9 Å². The average molecular weight is 694 g/mol. The van der Waals surface area contributed by atoms with E-state index in [0.717, 1.165) is 12.2 Å². The SMILES string of the molecule is NCCOCCNC(=O)[C@@H]1CCNC(=O)/C=C/C(=O)N2CCC[C@H](C2)C(=O)N[C@@H](Cc2ccco2)CC(=O)NCc2ccccc2CC(=O)N1. The molecule has 1 aromatic carbocycles. The van der Waals surface area contributed by atoms with E-state index in [-0.39, 0.29) is 70.3 Å². The molecule has 1 saturated heterocycles. The normalized spacial score (nSPS) is 22.3. The number of piperidine rings is 1. The molecule has 0 radical (unpaired) electrons. The van der Waals surface area contributed by atoms with Crippen LogP contribution in [0.1, 0.15) is 42.6 Å². The van der Waals surface area contributed by atoms with Gasteiger partial charge in [0, 0.05) is 70.3 Å². The second kappa shape index (κ2) is 19.8. The predicted molar refractivity (Wildman–Crippen MR) is 182 cm³/mol. The van der Waals surface area contributed by atoms with E-state index in [2.05, 4.69) is 26.6 Å². The molecule has 3 heterocycles. The zero-order valence-corrected chi connectivity index (χ0v) is 28.1. The van der Waals surface area contributed by atoms with E-state index in [9.17, 15) is 28.8 Å². The number of carbonyl (C=O) groups is 6. The maximum atomic E-state index is 13.4. The fourth-order valence-corrected chi connectivity index (χ4v) is 5.84. The van der Waals surface area contributed by atoms with Crippen molar-refractivity contribution >= 4 is 35.4 Å². The zero-order chi connectivity index (χ0) is 35.7. The number of nitrogens with one attached hydrogen (secondary N) is 5. The Balaban J connectivity index is 1.52. The van der Waals surface area contributed by atoms with Crippen LogP contribution in [0.25, 0.3) is 0 Å². The lowest BCUT2D eigenvalue weighted by Gasteiger charge is -2.32. The molecule has 7 N–H and O–H groups in total. The second-order valence-corrected chi connectivity index (χ2v) is 12.3.